The number of carbonyl (C=O) groups is 1. The summed E-state index contributed by atoms with van der Waals surface area (Å²) < 4.78 is 22.2. The molecule has 0 bridgehead atoms. The summed E-state index contributed by atoms with van der Waals surface area (Å²) in [6, 6.07) is 6.41. The fraction of sp³-hybridized carbons (Fsp3) is 0.462. The highest BCUT2D eigenvalue weighted by Crippen LogP contribution is 2.08. The number of benzene rings is 1. The zero-order valence-corrected chi connectivity index (χ0v) is 12.4. The van der Waals surface area contributed by atoms with Gasteiger partial charge < -0.3 is 10.6 Å². The van der Waals surface area contributed by atoms with Crippen molar-refractivity contribution in [1.29, 1.82) is 0 Å². The minimum absolute atomic E-state index is 0.0172. The van der Waals surface area contributed by atoms with Crippen LogP contribution in [-0.2, 0) is 21.2 Å². The van der Waals surface area contributed by atoms with Crippen molar-refractivity contribution >= 4 is 15.9 Å². The Morgan fingerprint density at radius 2 is 1.85 bits per heavy atom. The number of rotatable bonds is 8. The summed E-state index contributed by atoms with van der Waals surface area (Å²) in [5.74, 6) is -0.0172. The van der Waals surface area contributed by atoms with Crippen LogP contribution in [0, 0.1) is 0 Å². The highest BCUT2D eigenvalue weighted by Gasteiger charge is 2.06. The molecule has 0 radical (unpaired) electrons. The maximum absolute atomic E-state index is 11.3. The van der Waals surface area contributed by atoms with Crippen LogP contribution in [0.25, 0.3) is 0 Å². The van der Waals surface area contributed by atoms with Gasteiger partial charge in [0.2, 0.25) is 15.9 Å². The molecule has 1 aromatic carbocycles. The van der Waals surface area contributed by atoms with Crippen LogP contribution in [-0.4, -0.2) is 34.0 Å². The predicted octanol–water partition coefficient (Wildman–Crippen LogP) is -0.00770. The summed E-state index contributed by atoms with van der Waals surface area (Å²) in [5, 5.41) is 10.8. The third-order valence-corrected chi connectivity index (χ3v) is 3.63. The molecule has 20 heavy (non-hydrogen) atoms. The van der Waals surface area contributed by atoms with Gasteiger partial charge in [-0.3, -0.25) is 4.79 Å². The minimum atomic E-state index is -3.63. The van der Waals surface area contributed by atoms with E-state index in [0.29, 0.717) is 19.5 Å². The molecule has 1 amide bonds. The van der Waals surface area contributed by atoms with E-state index in [0.717, 1.165) is 12.0 Å². The number of nitrogens with two attached hydrogens (primary N) is 1. The third-order valence-electron chi connectivity index (χ3n) is 2.70. The highest BCUT2D eigenvalue weighted by molar-refractivity contribution is 7.89. The normalized spacial score (nSPS) is 11.3. The van der Waals surface area contributed by atoms with Crippen molar-refractivity contribution in [2.75, 3.05) is 19.6 Å². The van der Waals surface area contributed by atoms with Crippen LogP contribution < -0.4 is 15.8 Å². The largest absolute Gasteiger partial charge is 0.355 e. The molecule has 0 aliphatic heterocycles. The lowest BCUT2D eigenvalue weighted by molar-refractivity contribution is -0.120. The number of sulfonamides is 1. The van der Waals surface area contributed by atoms with Gasteiger partial charge in [0.15, 0.2) is 0 Å². The quantitative estimate of drug-likeness (QED) is 0.588. The van der Waals surface area contributed by atoms with Crippen molar-refractivity contribution in [3.8, 4) is 0 Å². The van der Waals surface area contributed by atoms with E-state index in [2.05, 4.69) is 10.6 Å². The van der Waals surface area contributed by atoms with Gasteiger partial charge in [-0.2, -0.15) is 0 Å². The molecule has 1 aromatic rings. The Labute approximate surface area is 119 Å². The number of hydrogen-bond donors (Lipinski definition) is 3. The summed E-state index contributed by atoms with van der Waals surface area (Å²) >= 11 is 0. The lowest BCUT2D eigenvalue weighted by Gasteiger charge is -2.06. The first kappa shape index (κ1) is 16.6. The van der Waals surface area contributed by atoms with E-state index in [1.54, 1.807) is 12.1 Å². The summed E-state index contributed by atoms with van der Waals surface area (Å²) in [5.41, 5.74) is 0.985. The highest BCUT2D eigenvalue weighted by atomic mass is 32.2. The van der Waals surface area contributed by atoms with Crippen molar-refractivity contribution in [3.05, 3.63) is 29.8 Å². The van der Waals surface area contributed by atoms with Gasteiger partial charge in [-0.15, -0.1) is 0 Å². The second-order valence-corrected chi connectivity index (χ2v) is 6.03. The number of amides is 1. The average Bonchev–Trinajstić information content (AvgIpc) is 2.41. The summed E-state index contributed by atoms with van der Waals surface area (Å²) in [7, 11) is -3.63. The molecule has 0 fully saturated rings. The van der Waals surface area contributed by atoms with Crippen LogP contribution in [0.15, 0.2) is 29.2 Å². The van der Waals surface area contributed by atoms with E-state index in [1.165, 1.54) is 12.1 Å². The Morgan fingerprint density at radius 3 is 2.40 bits per heavy atom. The molecule has 7 heteroatoms. The van der Waals surface area contributed by atoms with Crippen LogP contribution in [0.5, 0.6) is 0 Å². The molecule has 0 aromatic heterocycles. The summed E-state index contributed by atoms with van der Waals surface area (Å²) in [4.78, 5) is 11.4. The third kappa shape index (κ3) is 6.14. The Balaban J connectivity index is 2.31. The molecule has 4 N–H and O–H groups in total. The average molecular weight is 299 g/mol. The Kier molecular flexibility index (Phi) is 6.63. The SMILES string of the molecule is CCCNC(=O)CNCCc1ccc(S(N)(=O)=O)cc1. The zero-order valence-electron chi connectivity index (χ0n) is 11.6. The molecule has 0 heterocycles. The summed E-state index contributed by atoms with van der Waals surface area (Å²) in [6.45, 7) is 3.62. The topological polar surface area (TPSA) is 101 Å². The van der Waals surface area contributed by atoms with Gasteiger partial charge in [-0.1, -0.05) is 19.1 Å². The molecule has 1 rings (SSSR count). The fourth-order valence-electron chi connectivity index (χ4n) is 1.61. The van der Waals surface area contributed by atoms with Crippen molar-refractivity contribution in [3.63, 3.8) is 0 Å². The number of nitrogens with one attached hydrogen (secondary N) is 2. The van der Waals surface area contributed by atoms with E-state index < -0.39 is 10.0 Å². The first-order valence-electron chi connectivity index (χ1n) is 6.52. The summed E-state index contributed by atoms with van der Waals surface area (Å²) in [6.07, 6.45) is 1.63. The molecule has 0 spiro atoms. The molecule has 0 atom stereocenters. The van der Waals surface area contributed by atoms with Gasteiger partial charge >= 0.3 is 0 Å². The molecule has 6 nitrogen and oxygen atoms in total. The monoisotopic (exact) mass is 299 g/mol. The molecule has 112 valence electrons. The smallest absolute Gasteiger partial charge is 0.238 e. The standard InChI is InChI=1S/C13H21N3O3S/c1-2-8-16-13(17)10-15-9-7-11-3-5-12(6-4-11)20(14,18)19/h3-6,15H,2,7-10H2,1H3,(H,16,17)(H2,14,18,19). The van der Waals surface area contributed by atoms with Gasteiger partial charge in [-0.05, 0) is 37.1 Å². The second kappa shape index (κ2) is 7.98. The molecule has 0 saturated carbocycles. The van der Waals surface area contributed by atoms with Gasteiger partial charge in [0.25, 0.3) is 0 Å². The Bertz CT molecular complexity index is 526. The number of primary sulfonamides is 1. The number of carbonyl (C=O) groups excluding carboxylic acids is 1. The second-order valence-electron chi connectivity index (χ2n) is 4.47. The fourth-order valence-corrected chi connectivity index (χ4v) is 2.12. The van der Waals surface area contributed by atoms with E-state index >= 15 is 0 Å². The molecule has 0 aliphatic rings. The van der Waals surface area contributed by atoms with E-state index in [9.17, 15) is 13.2 Å². The first-order valence-corrected chi connectivity index (χ1v) is 8.07. The van der Waals surface area contributed by atoms with Crippen LogP contribution in [0.2, 0.25) is 0 Å². The van der Waals surface area contributed by atoms with Gasteiger partial charge in [0, 0.05) is 6.54 Å². The van der Waals surface area contributed by atoms with Crippen molar-refractivity contribution < 1.29 is 13.2 Å². The Morgan fingerprint density at radius 1 is 1.20 bits per heavy atom. The Hall–Kier alpha value is -1.44. The minimum Gasteiger partial charge on any atom is -0.355 e. The van der Waals surface area contributed by atoms with E-state index in [-0.39, 0.29) is 17.3 Å². The van der Waals surface area contributed by atoms with Crippen molar-refractivity contribution in [2.24, 2.45) is 5.14 Å². The first-order chi connectivity index (χ1) is 9.43. The molecular formula is C13H21N3O3S. The lowest BCUT2D eigenvalue weighted by Crippen LogP contribution is -2.35. The van der Waals surface area contributed by atoms with E-state index in [4.69, 9.17) is 5.14 Å². The van der Waals surface area contributed by atoms with Gasteiger partial charge in [0.1, 0.15) is 0 Å². The van der Waals surface area contributed by atoms with Crippen LogP contribution in [0.3, 0.4) is 0 Å². The lowest BCUT2D eigenvalue weighted by atomic mass is 10.1. The maximum atomic E-state index is 11.3. The maximum Gasteiger partial charge on any atom is 0.238 e. The van der Waals surface area contributed by atoms with Crippen LogP contribution in [0.1, 0.15) is 18.9 Å². The van der Waals surface area contributed by atoms with Crippen molar-refractivity contribution in [1.82, 2.24) is 10.6 Å². The molecule has 0 unspecified atom stereocenters. The van der Waals surface area contributed by atoms with Gasteiger partial charge in [-0.25, -0.2) is 13.6 Å². The molecular weight excluding hydrogens is 278 g/mol. The van der Waals surface area contributed by atoms with Crippen LogP contribution >= 0.6 is 0 Å². The molecule has 0 aliphatic carbocycles. The van der Waals surface area contributed by atoms with Gasteiger partial charge in [0.05, 0.1) is 11.4 Å². The molecule has 0 saturated heterocycles. The number of hydrogen-bond acceptors (Lipinski definition) is 4. The van der Waals surface area contributed by atoms with Crippen LogP contribution in [0.4, 0.5) is 0 Å². The van der Waals surface area contributed by atoms with Crippen molar-refractivity contribution in [2.45, 2.75) is 24.7 Å². The zero-order chi connectivity index (χ0) is 15.0. The van der Waals surface area contributed by atoms with E-state index in [1.807, 2.05) is 6.92 Å². The predicted molar refractivity (Wildman–Crippen MR) is 77.7 cm³/mol.